The molecule has 0 aliphatic heterocycles. The molecular formula is C6H3ClN2O3. The van der Waals surface area contributed by atoms with Crippen LogP contribution in [-0.4, -0.2) is 16.2 Å². The molecule has 12 heavy (non-hydrogen) atoms. The maximum Gasteiger partial charge on any atom is 0.299 e. The molecule has 1 aromatic heterocycles. The van der Waals surface area contributed by atoms with Crippen LogP contribution in [0, 0.1) is 10.1 Å². The molecule has 0 amide bonds. The lowest BCUT2D eigenvalue weighted by Gasteiger charge is -1.93. The Morgan fingerprint density at radius 1 is 1.67 bits per heavy atom. The highest BCUT2D eigenvalue weighted by Crippen LogP contribution is 2.18. The summed E-state index contributed by atoms with van der Waals surface area (Å²) in [5.41, 5.74) is -0.595. The maximum absolute atomic E-state index is 10.3. The van der Waals surface area contributed by atoms with Crippen molar-refractivity contribution in [1.82, 2.24) is 4.98 Å². The van der Waals surface area contributed by atoms with Crippen molar-refractivity contribution in [2.75, 3.05) is 0 Å². The lowest BCUT2D eigenvalue weighted by atomic mass is 10.3. The van der Waals surface area contributed by atoms with Crippen LogP contribution in [0.15, 0.2) is 12.3 Å². The Hall–Kier alpha value is -1.49. The highest BCUT2D eigenvalue weighted by Gasteiger charge is 2.14. The van der Waals surface area contributed by atoms with Crippen molar-refractivity contribution in [3.05, 3.63) is 33.1 Å². The van der Waals surface area contributed by atoms with E-state index in [1.165, 1.54) is 6.20 Å². The van der Waals surface area contributed by atoms with Gasteiger partial charge in [0.05, 0.1) is 9.95 Å². The van der Waals surface area contributed by atoms with E-state index in [-0.39, 0.29) is 16.4 Å². The molecule has 0 aliphatic rings. The van der Waals surface area contributed by atoms with Crippen molar-refractivity contribution < 1.29 is 9.72 Å². The van der Waals surface area contributed by atoms with Gasteiger partial charge in [-0.05, 0) is 0 Å². The smallest absolute Gasteiger partial charge is 0.296 e. The second-order valence-electron chi connectivity index (χ2n) is 1.93. The Morgan fingerprint density at radius 2 is 2.33 bits per heavy atom. The summed E-state index contributed by atoms with van der Waals surface area (Å²) < 4.78 is 0. The van der Waals surface area contributed by atoms with Gasteiger partial charge in [0.2, 0.25) is 0 Å². The Kier molecular flexibility index (Phi) is 2.35. The van der Waals surface area contributed by atoms with Gasteiger partial charge in [0.25, 0.3) is 5.69 Å². The maximum atomic E-state index is 10.3. The van der Waals surface area contributed by atoms with Gasteiger partial charge in [-0.15, -0.1) is 0 Å². The Labute approximate surface area is 72.1 Å². The molecule has 0 fully saturated rings. The zero-order valence-corrected chi connectivity index (χ0v) is 6.49. The van der Waals surface area contributed by atoms with E-state index in [2.05, 4.69) is 4.98 Å². The molecule has 0 bridgehead atoms. The molecule has 0 saturated carbocycles. The molecule has 5 nitrogen and oxygen atoms in total. The Balaban J connectivity index is 3.30. The molecule has 1 rings (SSSR count). The normalized spacial score (nSPS) is 9.42. The number of carbonyl (C=O) groups is 1. The fourth-order valence-electron chi connectivity index (χ4n) is 0.676. The van der Waals surface area contributed by atoms with Gasteiger partial charge in [-0.1, -0.05) is 11.6 Å². The number of rotatable bonds is 2. The monoisotopic (exact) mass is 186 g/mol. The third-order valence-corrected chi connectivity index (χ3v) is 1.38. The largest absolute Gasteiger partial charge is 0.299 e. The fraction of sp³-hybridized carbons (Fsp3) is 0. The minimum Gasteiger partial charge on any atom is -0.296 e. The van der Waals surface area contributed by atoms with Crippen LogP contribution in [0.3, 0.4) is 0 Å². The van der Waals surface area contributed by atoms with Crippen molar-refractivity contribution >= 4 is 23.6 Å². The molecular weight excluding hydrogens is 184 g/mol. The first kappa shape index (κ1) is 8.61. The molecule has 6 heteroatoms. The summed E-state index contributed by atoms with van der Waals surface area (Å²) in [6.45, 7) is 0. The average Bonchev–Trinajstić information content (AvgIpc) is 2.04. The quantitative estimate of drug-likeness (QED) is 0.398. The van der Waals surface area contributed by atoms with Gasteiger partial charge in [0, 0.05) is 12.3 Å². The summed E-state index contributed by atoms with van der Waals surface area (Å²) in [4.78, 5) is 23.3. The lowest BCUT2D eigenvalue weighted by molar-refractivity contribution is -0.385. The molecule has 0 unspecified atom stereocenters. The number of carbonyl (C=O) groups excluding carboxylic acids is 1. The Morgan fingerprint density at radius 3 is 2.83 bits per heavy atom. The first-order chi connectivity index (χ1) is 5.65. The van der Waals surface area contributed by atoms with E-state index in [0.717, 1.165) is 6.07 Å². The second-order valence-corrected chi connectivity index (χ2v) is 2.37. The van der Waals surface area contributed by atoms with Crippen LogP contribution in [0.25, 0.3) is 0 Å². The summed E-state index contributed by atoms with van der Waals surface area (Å²) in [5, 5.41) is 10.4. The molecule has 0 spiro atoms. The summed E-state index contributed by atoms with van der Waals surface area (Å²) in [7, 11) is 0. The molecule has 0 radical (unpaired) electrons. The van der Waals surface area contributed by atoms with Gasteiger partial charge in [-0.2, -0.15) is 0 Å². The standard InChI is InChI=1S/C6H3ClN2O3/c7-4-1-6(9(11)12)5(3-10)8-2-4/h1-3H. The number of halogens is 1. The molecule has 0 N–H and O–H groups in total. The number of hydrogen-bond acceptors (Lipinski definition) is 4. The summed E-state index contributed by atoms with van der Waals surface area (Å²) >= 11 is 5.43. The van der Waals surface area contributed by atoms with Crippen LogP contribution in [0.4, 0.5) is 5.69 Å². The molecule has 0 aromatic carbocycles. The topological polar surface area (TPSA) is 73.1 Å². The van der Waals surface area contributed by atoms with E-state index in [1.54, 1.807) is 0 Å². The van der Waals surface area contributed by atoms with Gasteiger partial charge in [0.1, 0.15) is 0 Å². The predicted octanol–water partition coefficient (Wildman–Crippen LogP) is 1.46. The van der Waals surface area contributed by atoms with Crippen LogP contribution in [0.5, 0.6) is 0 Å². The van der Waals surface area contributed by atoms with Gasteiger partial charge in [-0.3, -0.25) is 14.9 Å². The van der Waals surface area contributed by atoms with E-state index in [4.69, 9.17) is 11.6 Å². The molecule has 1 heterocycles. The van der Waals surface area contributed by atoms with E-state index in [0.29, 0.717) is 6.29 Å². The first-order valence-electron chi connectivity index (χ1n) is 2.90. The van der Waals surface area contributed by atoms with Crippen molar-refractivity contribution in [2.24, 2.45) is 0 Å². The van der Waals surface area contributed by atoms with Crippen LogP contribution >= 0.6 is 11.6 Å². The summed E-state index contributed by atoms with van der Waals surface area (Å²) in [6.07, 6.45) is 1.49. The fourth-order valence-corrected chi connectivity index (χ4v) is 0.828. The average molecular weight is 187 g/mol. The van der Waals surface area contributed by atoms with Gasteiger partial charge >= 0.3 is 0 Å². The Bertz CT molecular complexity index is 340. The van der Waals surface area contributed by atoms with Crippen molar-refractivity contribution in [1.29, 1.82) is 0 Å². The molecule has 62 valence electrons. The molecule has 0 aliphatic carbocycles. The summed E-state index contributed by atoms with van der Waals surface area (Å²) in [5.74, 6) is 0. The van der Waals surface area contributed by atoms with E-state index >= 15 is 0 Å². The van der Waals surface area contributed by atoms with Crippen LogP contribution in [0.1, 0.15) is 10.5 Å². The van der Waals surface area contributed by atoms with Gasteiger partial charge in [0.15, 0.2) is 12.0 Å². The van der Waals surface area contributed by atoms with Crippen molar-refractivity contribution in [3.8, 4) is 0 Å². The number of nitro groups is 1. The zero-order valence-electron chi connectivity index (χ0n) is 5.73. The zero-order chi connectivity index (χ0) is 9.14. The predicted molar refractivity (Wildman–Crippen MR) is 41.3 cm³/mol. The lowest BCUT2D eigenvalue weighted by Crippen LogP contribution is -1.96. The summed E-state index contributed by atoms with van der Waals surface area (Å²) in [6, 6.07) is 1.08. The van der Waals surface area contributed by atoms with Crippen molar-refractivity contribution in [3.63, 3.8) is 0 Å². The highest BCUT2D eigenvalue weighted by atomic mass is 35.5. The number of nitrogens with zero attached hydrogens (tertiary/aromatic N) is 2. The number of aromatic nitrogens is 1. The minimum atomic E-state index is -0.706. The van der Waals surface area contributed by atoms with Gasteiger partial charge < -0.3 is 0 Å². The third kappa shape index (κ3) is 1.57. The van der Waals surface area contributed by atoms with E-state index in [9.17, 15) is 14.9 Å². The highest BCUT2D eigenvalue weighted by molar-refractivity contribution is 6.30. The molecule has 0 atom stereocenters. The first-order valence-corrected chi connectivity index (χ1v) is 3.28. The number of pyridine rings is 1. The number of aldehydes is 1. The van der Waals surface area contributed by atoms with E-state index in [1.807, 2.05) is 0 Å². The van der Waals surface area contributed by atoms with Gasteiger partial charge in [-0.25, -0.2) is 4.98 Å². The molecule has 0 saturated heterocycles. The van der Waals surface area contributed by atoms with Crippen LogP contribution in [-0.2, 0) is 0 Å². The third-order valence-electron chi connectivity index (χ3n) is 1.17. The number of hydrogen-bond donors (Lipinski definition) is 0. The van der Waals surface area contributed by atoms with E-state index < -0.39 is 4.92 Å². The van der Waals surface area contributed by atoms with Crippen LogP contribution in [0.2, 0.25) is 5.02 Å². The SMILES string of the molecule is O=Cc1ncc(Cl)cc1[N+](=O)[O-]. The second kappa shape index (κ2) is 3.27. The molecule has 1 aromatic rings. The minimum absolute atomic E-state index is 0.132. The van der Waals surface area contributed by atoms with Crippen molar-refractivity contribution in [2.45, 2.75) is 0 Å². The van der Waals surface area contributed by atoms with Crippen LogP contribution < -0.4 is 0 Å².